The van der Waals surface area contributed by atoms with E-state index in [1.165, 1.54) is 30.4 Å². The summed E-state index contributed by atoms with van der Waals surface area (Å²) in [7, 11) is 0. The predicted octanol–water partition coefficient (Wildman–Crippen LogP) is 6.89. The molecule has 0 spiro atoms. The number of hydrogen-bond acceptors (Lipinski definition) is 3. The minimum Gasteiger partial charge on any atom is -0.369 e. The molecule has 0 unspecified atom stereocenters. The summed E-state index contributed by atoms with van der Waals surface area (Å²) in [6.45, 7) is 2.97. The number of carbonyl (C=O) groups excluding carboxylic acids is 1. The van der Waals surface area contributed by atoms with Crippen LogP contribution in [0.5, 0.6) is 0 Å². The van der Waals surface area contributed by atoms with Crippen LogP contribution in [0.3, 0.4) is 0 Å². The normalized spacial score (nSPS) is 11.1. The minimum atomic E-state index is -0.130. The molecule has 0 aliphatic rings. The zero-order valence-electron chi connectivity index (χ0n) is 19.6. The third-order valence-corrected chi connectivity index (χ3v) is 6.33. The van der Waals surface area contributed by atoms with Crippen LogP contribution in [0.1, 0.15) is 54.1 Å². The Morgan fingerprint density at radius 3 is 2.32 bits per heavy atom. The molecule has 0 saturated heterocycles. The van der Waals surface area contributed by atoms with Gasteiger partial charge in [0.05, 0.1) is 11.0 Å². The number of benzene rings is 3. The minimum absolute atomic E-state index is 0.130. The summed E-state index contributed by atoms with van der Waals surface area (Å²) in [6.07, 6.45) is 6.53. The van der Waals surface area contributed by atoms with Crippen LogP contribution < -0.4 is 11.1 Å². The van der Waals surface area contributed by atoms with Gasteiger partial charge in [-0.2, -0.15) is 0 Å². The summed E-state index contributed by atoms with van der Waals surface area (Å²) in [5, 5.41) is 3.73. The number of aromatic nitrogens is 2. The average molecular weight is 475 g/mol. The van der Waals surface area contributed by atoms with Gasteiger partial charge < -0.3 is 15.6 Å². The highest BCUT2D eigenvalue weighted by atomic mass is 35.5. The van der Waals surface area contributed by atoms with Gasteiger partial charge in [-0.25, -0.2) is 4.98 Å². The van der Waals surface area contributed by atoms with Gasteiger partial charge in [0.25, 0.3) is 5.91 Å². The molecule has 4 aromatic rings. The fraction of sp³-hybridized carbons (Fsp3) is 0.286. The Labute approximate surface area is 206 Å². The van der Waals surface area contributed by atoms with Gasteiger partial charge in [0.15, 0.2) is 0 Å². The lowest BCUT2D eigenvalue weighted by Gasteiger charge is -2.08. The molecule has 0 aliphatic carbocycles. The van der Waals surface area contributed by atoms with Crippen molar-refractivity contribution >= 4 is 40.2 Å². The molecule has 176 valence electrons. The van der Waals surface area contributed by atoms with Crippen molar-refractivity contribution in [3.05, 3.63) is 88.4 Å². The van der Waals surface area contributed by atoms with Crippen LogP contribution in [0, 0.1) is 0 Å². The lowest BCUT2D eigenvalue weighted by atomic mass is 10.1. The number of fused-ring (bicyclic) bond motifs is 1. The molecule has 0 aliphatic heterocycles. The van der Waals surface area contributed by atoms with Crippen LogP contribution in [0.25, 0.3) is 11.0 Å². The standard InChI is InChI=1S/C28H31ClN4O/c1-2-3-4-6-20-8-12-22(13-9-20)27(34)31-24-16-17-26-25(19-24)32-28(30)33(26)18-5-7-21-10-14-23(29)15-11-21/h8-17,19H,2-7,18H2,1H3,(H2,30,32)(H,31,34). The van der Waals surface area contributed by atoms with Gasteiger partial charge >= 0.3 is 0 Å². The quantitative estimate of drug-likeness (QED) is 0.246. The van der Waals surface area contributed by atoms with Crippen molar-refractivity contribution in [2.75, 3.05) is 11.1 Å². The number of imidazole rings is 1. The van der Waals surface area contributed by atoms with Crippen LogP contribution in [-0.2, 0) is 19.4 Å². The number of aryl methyl sites for hydroxylation is 3. The molecule has 3 N–H and O–H groups in total. The Hall–Kier alpha value is -3.31. The average Bonchev–Trinajstić information content (AvgIpc) is 3.15. The van der Waals surface area contributed by atoms with Crippen LogP contribution in [0.2, 0.25) is 5.02 Å². The molecule has 34 heavy (non-hydrogen) atoms. The van der Waals surface area contributed by atoms with Gasteiger partial charge in [0.2, 0.25) is 5.95 Å². The fourth-order valence-electron chi connectivity index (χ4n) is 4.16. The highest BCUT2D eigenvalue weighted by Gasteiger charge is 2.11. The van der Waals surface area contributed by atoms with E-state index in [2.05, 4.69) is 17.2 Å². The number of nitrogens with two attached hydrogens (primary N) is 1. The zero-order chi connectivity index (χ0) is 23.9. The van der Waals surface area contributed by atoms with Gasteiger partial charge in [0, 0.05) is 22.8 Å². The van der Waals surface area contributed by atoms with E-state index in [1.54, 1.807) is 0 Å². The molecular weight excluding hydrogens is 444 g/mol. The van der Waals surface area contributed by atoms with E-state index >= 15 is 0 Å². The summed E-state index contributed by atoms with van der Waals surface area (Å²) >= 11 is 5.96. The number of rotatable bonds is 10. The highest BCUT2D eigenvalue weighted by Crippen LogP contribution is 2.23. The van der Waals surface area contributed by atoms with Crippen molar-refractivity contribution in [3.63, 3.8) is 0 Å². The Kier molecular flexibility index (Phi) is 7.86. The Morgan fingerprint density at radius 1 is 0.941 bits per heavy atom. The number of nitrogens with one attached hydrogen (secondary N) is 1. The second-order valence-corrected chi connectivity index (χ2v) is 9.10. The molecule has 5 nitrogen and oxygen atoms in total. The molecule has 0 radical (unpaired) electrons. The first-order valence-corrected chi connectivity index (χ1v) is 12.3. The number of halogens is 1. The highest BCUT2D eigenvalue weighted by molar-refractivity contribution is 6.30. The number of unbranched alkanes of at least 4 members (excludes halogenated alkanes) is 2. The van der Waals surface area contributed by atoms with E-state index in [1.807, 2.05) is 71.3 Å². The fourth-order valence-corrected chi connectivity index (χ4v) is 4.28. The largest absolute Gasteiger partial charge is 0.369 e. The second-order valence-electron chi connectivity index (χ2n) is 8.66. The van der Waals surface area contributed by atoms with E-state index in [-0.39, 0.29) is 5.91 Å². The number of nitrogen functional groups attached to an aromatic ring is 1. The van der Waals surface area contributed by atoms with Gasteiger partial charge in [-0.05, 0) is 79.3 Å². The van der Waals surface area contributed by atoms with Crippen molar-refractivity contribution in [2.24, 2.45) is 0 Å². The van der Waals surface area contributed by atoms with Crippen LogP contribution >= 0.6 is 11.6 Å². The molecule has 0 bridgehead atoms. The summed E-state index contributed by atoms with van der Waals surface area (Å²) in [6, 6.07) is 21.5. The number of amides is 1. The molecule has 0 atom stereocenters. The van der Waals surface area contributed by atoms with Crippen molar-refractivity contribution in [1.29, 1.82) is 0 Å². The Morgan fingerprint density at radius 2 is 1.62 bits per heavy atom. The van der Waals surface area contributed by atoms with Crippen LogP contribution in [-0.4, -0.2) is 15.5 Å². The number of nitrogens with zero attached hydrogens (tertiary/aromatic N) is 2. The predicted molar refractivity (Wildman–Crippen MR) is 142 cm³/mol. The first-order chi connectivity index (χ1) is 16.5. The first kappa shape index (κ1) is 23.8. The van der Waals surface area contributed by atoms with Crippen LogP contribution in [0.15, 0.2) is 66.7 Å². The Balaban J connectivity index is 1.38. The number of hydrogen-bond donors (Lipinski definition) is 2. The van der Waals surface area contributed by atoms with Crippen molar-refractivity contribution < 1.29 is 4.79 Å². The van der Waals surface area contributed by atoms with Gasteiger partial charge in [0.1, 0.15) is 0 Å². The molecular formula is C28H31ClN4O. The van der Waals surface area contributed by atoms with E-state index in [0.29, 0.717) is 17.2 Å². The van der Waals surface area contributed by atoms with E-state index < -0.39 is 0 Å². The molecule has 0 fully saturated rings. The third-order valence-electron chi connectivity index (χ3n) is 6.08. The van der Waals surface area contributed by atoms with Crippen LogP contribution in [0.4, 0.5) is 11.6 Å². The zero-order valence-corrected chi connectivity index (χ0v) is 20.3. The molecule has 1 heterocycles. The molecule has 4 rings (SSSR count). The molecule has 1 aromatic heterocycles. The third kappa shape index (κ3) is 5.97. The molecule has 1 amide bonds. The number of anilines is 2. The van der Waals surface area contributed by atoms with Gasteiger partial charge in [-0.15, -0.1) is 0 Å². The smallest absolute Gasteiger partial charge is 0.255 e. The molecule has 3 aromatic carbocycles. The summed E-state index contributed by atoms with van der Waals surface area (Å²) in [4.78, 5) is 17.2. The first-order valence-electron chi connectivity index (χ1n) is 11.9. The van der Waals surface area contributed by atoms with Crippen molar-refractivity contribution in [2.45, 2.75) is 52.0 Å². The lowest BCUT2D eigenvalue weighted by molar-refractivity contribution is 0.102. The van der Waals surface area contributed by atoms with Crippen molar-refractivity contribution in [1.82, 2.24) is 9.55 Å². The van der Waals surface area contributed by atoms with E-state index in [4.69, 9.17) is 17.3 Å². The van der Waals surface area contributed by atoms with Crippen molar-refractivity contribution in [3.8, 4) is 0 Å². The second kappa shape index (κ2) is 11.2. The van der Waals surface area contributed by atoms with E-state index in [0.717, 1.165) is 41.9 Å². The summed E-state index contributed by atoms with van der Waals surface area (Å²) in [5.74, 6) is 0.350. The molecule has 0 saturated carbocycles. The maximum absolute atomic E-state index is 12.7. The van der Waals surface area contributed by atoms with E-state index in [9.17, 15) is 4.79 Å². The lowest BCUT2D eigenvalue weighted by Crippen LogP contribution is -2.11. The van der Waals surface area contributed by atoms with Gasteiger partial charge in [-0.3, -0.25) is 4.79 Å². The topological polar surface area (TPSA) is 72.9 Å². The maximum Gasteiger partial charge on any atom is 0.255 e. The molecule has 6 heteroatoms. The van der Waals surface area contributed by atoms with Gasteiger partial charge in [-0.1, -0.05) is 55.6 Å². The number of carbonyl (C=O) groups is 1. The Bertz CT molecular complexity index is 1250. The summed E-state index contributed by atoms with van der Waals surface area (Å²) < 4.78 is 2.02. The maximum atomic E-state index is 12.7. The SMILES string of the molecule is CCCCCc1ccc(C(=O)Nc2ccc3c(c2)nc(N)n3CCCc2ccc(Cl)cc2)cc1. The summed E-state index contributed by atoms with van der Waals surface area (Å²) in [5.41, 5.74) is 11.8. The monoisotopic (exact) mass is 474 g/mol.